The van der Waals surface area contributed by atoms with E-state index >= 15 is 0 Å². The van der Waals surface area contributed by atoms with Gasteiger partial charge in [0.1, 0.15) is 11.4 Å². The van der Waals surface area contributed by atoms with E-state index < -0.39 is 5.60 Å². The summed E-state index contributed by atoms with van der Waals surface area (Å²) in [6, 6.07) is 19.5. The van der Waals surface area contributed by atoms with Crippen molar-refractivity contribution in [2.24, 2.45) is 0 Å². The van der Waals surface area contributed by atoms with E-state index in [0.717, 1.165) is 24.3 Å². The van der Waals surface area contributed by atoms with Gasteiger partial charge in [-0.15, -0.1) is 11.3 Å². The first kappa shape index (κ1) is 26.0. The molecule has 1 aromatic heterocycles. The SMILES string of the molecule is COc1ccc2c(c1)CCN(c1ccc(C(C)C)s1)C2(C)c1ccc(C=CC(=O)OC(C)(C)C)cc1. The second-order valence-electron chi connectivity index (χ2n) is 10.8. The second kappa shape index (κ2) is 10.1. The molecular formula is C31H37NO3S. The molecule has 4 nitrogen and oxygen atoms in total. The molecule has 36 heavy (non-hydrogen) atoms. The van der Waals surface area contributed by atoms with Crippen LogP contribution in [0.4, 0.5) is 5.00 Å². The summed E-state index contributed by atoms with van der Waals surface area (Å²) >= 11 is 1.88. The van der Waals surface area contributed by atoms with Gasteiger partial charge in [-0.25, -0.2) is 4.79 Å². The molecule has 2 heterocycles. The van der Waals surface area contributed by atoms with Gasteiger partial charge in [0.25, 0.3) is 0 Å². The Morgan fingerprint density at radius 3 is 2.42 bits per heavy atom. The second-order valence-corrected chi connectivity index (χ2v) is 11.9. The van der Waals surface area contributed by atoms with Gasteiger partial charge in [0.15, 0.2) is 0 Å². The van der Waals surface area contributed by atoms with Crippen molar-refractivity contribution in [2.75, 3.05) is 18.6 Å². The summed E-state index contributed by atoms with van der Waals surface area (Å²) in [5.41, 5.74) is 3.95. The number of nitrogens with zero attached hydrogens (tertiary/aromatic N) is 1. The zero-order valence-corrected chi connectivity index (χ0v) is 23.2. The summed E-state index contributed by atoms with van der Waals surface area (Å²) in [6.07, 6.45) is 4.27. The van der Waals surface area contributed by atoms with Gasteiger partial charge in [-0.3, -0.25) is 0 Å². The Hall–Kier alpha value is -3.05. The van der Waals surface area contributed by atoms with E-state index in [4.69, 9.17) is 9.47 Å². The maximum Gasteiger partial charge on any atom is 0.331 e. The first-order valence-electron chi connectivity index (χ1n) is 12.6. The standard InChI is InChI=1S/C31H37NO3S/c1-21(2)27-15-16-28(36-27)32-19-18-23-20-25(34-7)13-14-26(23)31(32,6)24-11-8-22(9-12-24)10-17-29(33)35-30(3,4)5/h8-17,20-21H,18-19H2,1-7H3. The van der Waals surface area contributed by atoms with E-state index in [2.05, 4.69) is 80.3 Å². The highest BCUT2D eigenvalue weighted by Gasteiger charge is 2.41. The van der Waals surface area contributed by atoms with Crippen LogP contribution >= 0.6 is 11.3 Å². The van der Waals surface area contributed by atoms with Crippen LogP contribution in [-0.2, 0) is 21.5 Å². The van der Waals surface area contributed by atoms with Crippen LogP contribution in [0.2, 0.25) is 0 Å². The number of hydrogen-bond acceptors (Lipinski definition) is 5. The fourth-order valence-corrected chi connectivity index (χ4v) is 5.97. The number of methoxy groups -OCH3 is 1. The first-order chi connectivity index (χ1) is 17.0. The molecule has 0 bridgehead atoms. The number of benzene rings is 2. The third-order valence-corrected chi connectivity index (χ3v) is 8.13. The molecule has 0 saturated heterocycles. The van der Waals surface area contributed by atoms with Gasteiger partial charge in [-0.05, 0) is 92.6 Å². The first-order valence-corrected chi connectivity index (χ1v) is 13.4. The van der Waals surface area contributed by atoms with Crippen molar-refractivity contribution in [3.8, 4) is 5.75 Å². The quantitative estimate of drug-likeness (QED) is 0.257. The highest BCUT2D eigenvalue weighted by Crippen LogP contribution is 2.46. The minimum Gasteiger partial charge on any atom is -0.497 e. The molecule has 0 amide bonds. The van der Waals surface area contributed by atoms with Gasteiger partial charge < -0.3 is 14.4 Å². The molecular weight excluding hydrogens is 466 g/mol. The van der Waals surface area contributed by atoms with Gasteiger partial charge in [-0.2, -0.15) is 0 Å². The molecule has 0 spiro atoms. The van der Waals surface area contributed by atoms with Crippen molar-refractivity contribution in [2.45, 2.75) is 65.0 Å². The van der Waals surface area contributed by atoms with Gasteiger partial charge in [-0.1, -0.05) is 44.2 Å². The molecule has 0 N–H and O–H groups in total. The average Bonchev–Trinajstić information content (AvgIpc) is 3.32. The number of ether oxygens (including phenoxy) is 2. The summed E-state index contributed by atoms with van der Waals surface area (Å²) in [7, 11) is 1.72. The molecule has 190 valence electrons. The van der Waals surface area contributed by atoms with Crippen molar-refractivity contribution < 1.29 is 14.3 Å². The Kier molecular flexibility index (Phi) is 7.33. The third kappa shape index (κ3) is 5.36. The fourth-order valence-electron chi connectivity index (χ4n) is 4.84. The van der Waals surface area contributed by atoms with Crippen LogP contribution in [0.25, 0.3) is 6.08 Å². The lowest BCUT2D eigenvalue weighted by Crippen LogP contribution is -2.49. The zero-order valence-electron chi connectivity index (χ0n) is 22.4. The number of esters is 1. The Morgan fingerprint density at radius 1 is 1.08 bits per heavy atom. The van der Waals surface area contributed by atoms with Crippen LogP contribution in [0.1, 0.15) is 74.6 Å². The van der Waals surface area contributed by atoms with Crippen LogP contribution < -0.4 is 9.64 Å². The van der Waals surface area contributed by atoms with Gasteiger partial charge in [0, 0.05) is 17.5 Å². The summed E-state index contributed by atoms with van der Waals surface area (Å²) in [4.78, 5) is 16.1. The van der Waals surface area contributed by atoms with Crippen LogP contribution in [0.15, 0.2) is 60.7 Å². The van der Waals surface area contributed by atoms with E-state index in [0.29, 0.717) is 5.92 Å². The maximum absolute atomic E-state index is 12.1. The van der Waals surface area contributed by atoms with Crippen LogP contribution in [0, 0.1) is 0 Å². The molecule has 0 radical (unpaired) electrons. The summed E-state index contributed by atoms with van der Waals surface area (Å²) in [5.74, 6) is 1.07. The number of carbonyl (C=O) groups excluding carboxylic acids is 1. The molecule has 0 aliphatic carbocycles. The van der Waals surface area contributed by atoms with Crippen molar-refractivity contribution in [1.82, 2.24) is 0 Å². The van der Waals surface area contributed by atoms with E-state index in [-0.39, 0.29) is 11.5 Å². The highest BCUT2D eigenvalue weighted by atomic mass is 32.1. The number of carbonyl (C=O) groups is 1. The van der Waals surface area contributed by atoms with Crippen molar-refractivity contribution in [1.29, 1.82) is 0 Å². The monoisotopic (exact) mass is 503 g/mol. The number of rotatable bonds is 6. The Balaban J connectivity index is 1.72. The largest absolute Gasteiger partial charge is 0.497 e. The van der Waals surface area contributed by atoms with E-state index in [1.807, 2.05) is 38.2 Å². The topological polar surface area (TPSA) is 38.8 Å². The smallest absolute Gasteiger partial charge is 0.331 e. The Morgan fingerprint density at radius 2 is 1.81 bits per heavy atom. The molecule has 1 aliphatic rings. The number of fused-ring (bicyclic) bond motifs is 1. The summed E-state index contributed by atoms with van der Waals surface area (Å²) < 4.78 is 10.9. The van der Waals surface area contributed by atoms with Crippen LogP contribution in [-0.4, -0.2) is 25.2 Å². The molecule has 2 aromatic carbocycles. The molecule has 3 aromatic rings. The zero-order chi connectivity index (χ0) is 26.1. The van der Waals surface area contributed by atoms with Crippen molar-refractivity contribution in [3.63, 3.8) is 0 Å². The molecule has 0 saturated carbocycles. The minimum absolute atomic E-state index is 0.335. The number of thiophene rings is 1. The normalized spacial score (nSPS) is 17.9. The van der Waals surface area contributed by atoms with Gasteiger partial charge >= 0.3 is 5.97 Å². The summed E-state index contributed by atoms with van der Waals surface area (Å²) in [6.45, 7) is 13.3. The lowest BCUT2D eigenvalue weighted by atomic mass is 9.77. The molecule has 5 heteroatoms. The molecule has 0 fully saturated rings. The maximum atomic E-state index is 12.1. The predicted molar refractivity (Wildman–Crippen MR) is 150 cm³/mol. The van der Waals surface area contributed by atoms with Gasteiger partial charge in [0.2, 0.25) is 0 Å². The van der Waals surface area contributed by atoms with E-state index in [1.165, 1.54) is 32.6 Å². The third-order valence-electron chi connectivity index (χ3n) is 6.72. The average molecular weight is 504 g/mol. The fraction of sp³-hybridized carbons (Fsp3) is 0.387. The number of hydrogen-bond donors (Lipinski definition) is 0. The lowest BCUT2D eigenvalue weighted by molar-refractivity contribution is -0.148. The molecule has 1 aliphatic heterocycles. The number of anilines is 1. The van der Waals surface area contributed by atoms with Gasteiger partial charge in [0.05, 0.1) is 17.6 Å². The molecule has 1 atom stereocenters. The lowest BCUT2D eigenvalue weighted by Gasteiger charge is -2.47. The van der Waals surface area contributed by atoms with Crippen LogP contribution in [0.3, 0.4) is 0 Å². The minimum atomic E-state index is -0.502. The summed E-state index contributed by atoms with van der Waals surface area (Å²) in [5, 5.41) is 1.29. The predicted octanol–water partition coefficient (Wildman–Crippen LogP) is 7.56. The Labute approximate surface area is 219 Å². The Bertz CT molecular complexity index is 1250. The molecule has 4 rings (SSSR count). The highest BCUT2D eigenvalue weighted by molar-refractivity contribution is 7.16. The van der Waals surface area contributed by atoms with Crippen LogP contribution in [0.5, 0.6) is 5.75 Å². The molecule has 1 unspecified atom stereocenters. The van der Waals surface area contributed by atoms with Crippen molar-refractivity contribution in [3.05, 3.63) is 87.8 Å². The van der Waals surface area contributed by atoms with E-state index in [9.17, 15) is 4.79 Å². The van der Waals surface area contributed by atoms with Crippen molar-refractivity contribution >= 4 is 28.4 Å². The van der Waals surface area contributed by atoms with E-state index in [1.54, 1.807) is 7.11 Å².